The number of carbonyl (C=O) groups is 3. The second-order valence-corrected chi connectivity index (χ2v) is 8.73. The number of para-hydroxylation sites is 1. The van der Waals surface area contributed by atoms with Crippen LogP contribution in [0.3, 0.4) is 0 Å². The summed E-state index contributed by atoms with van der Waals surface area (Å²) in [6.07, 6.45) is 2.62. The number of benzene rings is 3. The molecule has 9 nitrogen and oxygen atoms in total. The van der Waals surface area contributed by atoms with Crippen molar-refractivity contribution in [2.24, 2.45) is 12.8 Å². The van der Waals surface area contributed by atoms with Gasteiger partial charge in [0.15, 0.2) is 5.78 Å². The highest BCUT2D eigenvalue weighted by atomic mass is 35.5. The minimum absolute atomic E-state index is 0. The molecule has 196 valence electrons. The normalized spacial score (nSPS) is 10.5. The van der Waals surface area contributed by atoms with Crippen LogP contribution in [0.1, 0.15) is 38.3 Å². The molecular weight excluding hydrogens is 506 g/mol. The molecule has 38 heavy (non-hydrogen) atoms. The number of nitrogens with two attached hydrogens (primary N) is 1. The second kappa shape index (κ2) is 11.6. The number of aryl methyl sites for hydroxylation is 2. The molecule has 0 fully saturated rings. The van der Waals surface area contributed by atoms with Crippen LogP contribution in [0.15, 0.2) is 72.9 Å². The van der Waals surface area contributed by atoms with Gasteiger partial charge in [-0.1, -0.05) is 36.4 Å². The van der Waals surface area contributed by atoms with E-state index in [0.717, 1.165) is 11.1 Å². The summed E-state index contributed by atoms with van der Waals surface area (Å²) >= 11 is 0. The number of amidine groups is 1. The third-order valence-electron chi connectivity index (χ3n) is 6.25. The molecule has 3 aromatic carbocycles. The quantitative estimate of drug-likeness (QED) is 0.142. The van der Waals surface area contributed by atoms with Crippen LogP contribution in [-0.2, 0) is 13.5 Å². The van der Waals surface area contributed by atoms with E-state index in [4.69, 9.17) is 11.1 Å². The number of carbonyl (C=O) groups excluding carboxylic acids is 2. The zero-order valence-electron chi connectivity index (χ0n) is 20.9. The first kappa shape index (κ1) is 27.9. The molecule has 0 aliphatic heterocycles. The molecule has 0 saturated carbocycles. The van der Waals surface area contributed by atoms with Crippen molar-refractivity contribution in [1.82, 2.24) is 4.57 Å². The van der Waals surface area contributed by atoms with Crippen molar-refractivity contribution in [3.8, 4) is 0 Å². The lowest BCUT2D eigenvalue weighted by molar-refractivity contribution is 0.0697. The fourth-order valence-electron chi connectivity index (χ4n) is 4.20. The maximum atomic E-state index is 13.1. The SMILES string of the molecule is CN(C(=O)Nc1ccc2c(c1)c(C(=O)CCc1ccc(C(=N)N)cc1)cn2C)c1ccccc1C(=O)O.Cl. The molecule has 2 amide bonds. The molecular formula is C28H28ClN5O4. The average molecular weight is 534 g/mol. The van der Waals surface area contributed by atoms with Crippen LogP contribution in [0.25, 0.3) is 10.9 Å². The van der Waals surface area contributed by atoms with E-state index in [1.54, 1.807) is 48.7 Å². The number of aromatic nitrogens is 1. The zero-order valence-corrected chi connectivity index (χ0v) is 21.7. The smallest absolute Gasteiger partial charge is 0.337 e. The number of carboxylic acids is 1. The van der Waals surface area contributed by atoms with Gasteiger partial charge in [-0.25, -0.2) is 9.59 Å². The van der Waals surface area contributed by atoms with Crippen LogP contribution in [0.5, 0.6) is 0 Å². The van der Waals surface area contributed by atoms with Gasteiger partial charge in [0.2, 0.25) is 0 Å². The van der Waals surface area contributed by atoms with Crippen molar-refractivity contribution in [1.29, 1.82) is 5.41 Å². The molecule has 4 aromatic rings. The van der Waals surface area contributed by atoms with Gasteiger partial charge < -0.3 is 20.7 Å². The van der Waals surface area contributed by atoms with Crippen LogP contribution in [0.4, 0.5) is 16.2 Å². The zero-order chi connectivity index (χ0) is 26.7. The molecule has 1 heterocycles. The van der Waals surface area contributed by atoms with Crippen molar-refractivity contribution in [2.45, 2.75) is 12.8 Å². The Bertz CT molecular complexity index is 1530. The highest BCUT2D eigenvalue weighted by Gasteiger charge is 2.19. The summed E-state index contributed by atoms with van der Waals surface area (Å²) < 4.78 is 1.87. The third kappa shape index (κ3) is 5.84. The standard InChI is InChI=1S/C28H27N5O4.ClH/c1-32-16-22(25(34)14-9-17-7-10-18(11-8-17)26(29)30)21-15-19(12-13-23(21)32)31-28(37)33(2)24-6-4-3-5-20(24)27(35)36;/h3-8,10-13,15-16H,9,14H2,1-2H3,(H3,29,30)(H,31,37)(H,35,36);1H. The number of halogens is 1. The Balaban J connectivity index is 0.00000400. The van der Waals surface area contributed by atoms with Gasteiger partial charge in [-0.3, -0.25) is 15.1 Å². The Kier molecular flexibility index (Phi) is 8.54. The topological polar surface area (TPSA) is 142 Å². The molecule has 5 N–H and O–H groups in total. The van der Waals surface area contributed by atoms with Gasteiger partial charge >= 0.3 is 12.0 Å². The molecule has 0 aliphatic carbocycles. The van der Waals surface area contributed by atoms with Gasteiger partial charge in [0, 0.05) is 54.4 Å². The number of urea groups is 1. The lowest BCUT2D eigenvalue weighted by atomic mass is 10.0. The lowest BCUT2D eigenvalue weighted by Gasteiger charge is -2.20. The molecule has 0 unspecified atom stereocenters. The first-order valence-electron chi connectivity index (χ1n) is 11.6. The minimum Gasteiger partial charge on any atom is -0.478 e. The second-order valence-electron chi connectivity index (χ2n) is 8.73. The van der Waals surface area contributed by atoms with E-state index >= 15 is 0 Å². The van der Waals surface area contributed by atoms with E-state index in [0.29, 0.717) is 35.0 Å². The Morgan fingerprint density at radius 3 is 2.37 bits per heavy atom. The summed E-state index contributed by atoms with van der Waals surface area (Å²) in [5.74, 6) is -1.16. The van der Waals surface area contributed by atoms with Gasteiger partial charge in [0.05, 0.1) is 11.3 Å². The van der Waals surface area contributed by atoms with Gasteiger partial charge in [-0.15, -0.1) is 12.4 Å². The monoisotopic (exact) mass is 533 g/mol. The number of ketones is 1. The third-order valence-corrected chi connectivity index (χ3v) is 6.25. The van der Waals surface area contributed by atoms with Gasteiger partial charge in [0.1, 0.15) is 5.84 Å². The molecule has 0 bridgehead atoms. The number of carboxylic acid groups (broad SMARTS) is 1. The molecule has 0 saturated heterocycles. The summed E-state index contributed by atoms with van der Waals surface area (Å²) in [5, 5.41) is 20.4. The Labute approximate surface area is 225 Å². The van der Waals surface area contributed by atoms with Crippen LogP contribution >= 0.6 is 12.4 Å². The summed E-state index contributed by atoms with van der Waals surface area (Å²) in [5.41, 5.74) is 9.26. The first-order valence-corrected chi connectivity index (χ1v) is 11.6. The summed E-state index contributed by atoms with van der Waals surface area (Å²) in [6, 6.07) is 18.3. The fraction of sp³-hybridized carbons (Fsp3) is 0.143. The van der Waals surface area contributed by atoms with E-state index in [1.165, 1.54) is 18.0 Å². The van der Waals surface area contributed by atoms with E-state index < -0.39 is 12.0 Å². The number of anilines is 2. The number of amides is 2. The first-order chi connectivity index (χ1) is 17.7. The molecule has 4 rings (SSSR count). The van der Waals surface area contributed by atoms with Crippen LogP contribution in [0, 0.1) is 5.41 Å². The number of hydrogen-bond acceptors (Lipinski definition) is 4. The summed E-state index contributed by atoms with van der Waals surface area (Å²) in [4.78, 5) is 38.8. The number of rotatable bonds is 8. The maximum absolute atomic E-state index is 13.1. The number of nitrogens with one attached hydrogen (secondary N) is 2. The summed E-state index contributed by atoms with van der Waals surface area (Å²) in [7, 11) is 3.35. The van der Waals surface area contributed by atoms with E-state index in [2.05, 4.69) is 5.32 Å². The number of hydrogen-bond donors (Lipinski definition) is 4. The van der Waals surface area contributed by atoms with Gasteiger partial charge in [0.25, 0.3) is 0 Å². The largest absolute Gasteiger partial charge is 0.478 e. The van der Waals surface area contributed by atoms with E-state index in [1.807, 2.05) is 29.8 Å². The van der Waals surface area contributed by atoms with Crippen molar-refractivity contribution in [3.05, 3.63) is 95.2 Å². The predicted molar refractivity (Wildman–Crippen MR) is 151 cm³/mol. The lowest BCUT2D eigenvalue weighted by Crippen LogP contribution is -2.32. The molecule has 10 heteroatoms. The molecule has 0 aliphatic rings. The number of nitrogen functional groups attached to an aromatic ring is 1. The van der Waals surface area contributed by atoms with Crippen molar-refractivity contribution >= 4 is 58.3 Å². The number of nitrogens with zero attached hydrogens (tertiary/aromatic N) is 2. The van der Waals surface area contributed by atoms with Gasteiger partial charge in [-0.2, -0.15) is 0 Å². The Morgan fingerprint density at radius 1 is 1.03 bits per heavy atom. The maximum Gasteiger partial charge on any atom is 0.337 e. The predicted octanol–water partition coefficient (Wildman–Crippen LogP) is 5.07. The van der Waals surface area contributed by atoms with E-state index in [9.17, 15) is 19.5 Å². The molecule has 1 aromatic heterocycles. The highest BCUT2D eigenvalue weighted by Crippen LogP contribution is 2.27. The molecule has 0 atom stereocenters. The average Bonchev–Trinajstić information content (AvgIpc) is 3.22. The number of Topliss-reactive ketones (excluding diaryl/α,β-unsaturated/α-hetero) is 1. The van der Waals surface area contributed by atoms with E-state index in [-0.39, 0.29) is 35.3 Å². The van der Waals surface area contributed by atoms with Crippen molar-refractivity contribution < 1.29 is 19.5 Å². The van der Waals surface area contributed by atoms with Crippen LogP contribution in [0.2, 0.25) is 0 Å². The molecule has 0 radical (unpaired) electrons. The Morgan fingerprint density at radius 2 is 1.71 bits per heavy atom. The summed E-state index contributed by atoms with van der Waals surface area (Å²) in [6.45, 7) is 0. The molecule has 0 spiro atoms. The van der Waals surface area contributed by atoms with Crippen LogP contribution in [-0.4, -0.2) is 40.3 Å². The number of aromatic carboxylic acids is 1. The Hall–Kier alpha value is -4.63. The van der Waals surface area contributed by atoms with Crippen molar-refractivity contribution in [2.75, 3.05) is 17.3 Å². The van der Waals surface area contributed by atoms with Crippen LogP contribution < -0.4 is 16.0 Å². The fourth-order valence-corrected chi connectivity index (χ4v) is 4.20. The minimum atomic E-state index is -1.13. The highest BCUT2D eigenvalue weighted by molar-refractivity contribution is 6.10. The van der Waals surface area contributed by atoms with Crippen molar-refractivity contribution in [3.63, 3.8) is 0 Å². The van der Waals surface area contributed by atoms with Gasteiger partial charge in [-0.05, 0) is 42.3 Å². The number of fused-ring (bicyclic) bond motifs is 1.